The lowest BCUT2D eigenvalue weighted by Crippen LogP contribution is -2.44. The summed E-state index contributed by atoms with van der Waals surface area (Å²) in [5.41, 5.74) is -1.11. The molecular weight excluding hydrogens is 376 g/mol. The van der Waals surface area contributed by atoms with E-state index in [9.17, 15) is 19.8 Å². The fraction of sp³-hybridized carbons (Fsp3) is 0.727. The Morgan fingerprint density at radius 3 is 2.62 bits per heavy atom. The lowest BCUT2D eigenvalue weighted by molar-refractivity contribution is -0.163. The average Bonchev–Trinajstić information content (AvgIpc) is 2.99. The van der Waals surface area contributed by atoms with Crippen molar-refractivity contribution in [1.29, 1.82) is 0 Å². The lowest BCUT2D eigenvalue weighted by Gasteiger charge is -2.33. The highest BCUT2D eigenvalue weighted by Gasteiger charge is 2.54. The second-order valence-electron chi connectivity index (χ2n) is 7.49. The molecule has 0 heterocycles. The second-order valence-corrected chi connectivity index (χ2v) is 7.49. The SMILES string of the molecule is CCCCCC(O)C=CC1CC[C@@H](O)[C@]1(C/C=C/COCC(=O)O)C(=O)OCC. The van der Waals surface area contributed by atoms with E-state index in [0.29, 0.717) is 19.3 Å². The molecule has 166 valence electrons. The van der Waals surface area contributed by atoms with Gasteiger partial charge in [0.1, 0.15) is 12.0 Å². The van der Waals surface area contributed by atoms with Crippen molar-refractivity contribution in [3.63, 3.8) is 0 Å². The maximum Gasteiger partial charge on any atom is 0.329 e. The standard InChI is InChI=1S/C22H36O7/c1-3-5-6-9-18(23)12-10-17-11-13-19(24)22(17,21(27)29-4-2)14-7-8-15-28-16-20(25)26/h7-8,10,12,17-19,23-24H,3-6,9,11,13-16H2,1-2H3,(H,25,26)/b8-7+,12-10?/t17?,18?,19-,22-/m1/s1. The molecule has 0 saturated heterocycles. The van der Waals surface area contributed by atoms with Gasteiger partial charge in [0, 0.05) is 0 Å². The molecule has 7 heteroatoms. The number of carboxylic acid groups (broad SMARTS) is 1. The number of esters is 1. The van der Waals surface area contributed by atoms with E-state index in [1.54, 1.807) is 25.2 Å². The zero-order chi connectivity index (χ0) is 21.7. The van der Waals surface area contributed by atoms with Crippen LogP contribution in [0.5, 0.6) is 0 Å². The van der Waals surface area contributed by atoms with Crippen molar-refractivity contribution in [3.8, 4) is 0 Å². The van der Waals surface area contributed by atoms with Crippen LogP contribution in [0.2, 0.25) is 0 Å². The number of unbranched alkanes of at least 4 members (excludes halogenated alkanes) is 2. The van der Waals surface area contributed by atoms with Gasteiger partial charge >= 0.3 is 11.9 Å². The zero-order valence-electron chi connectivity index (χ0n) is 17.6. The summed E-state index contributed by atoms with van der Waals surface area (Å²) in [5, 5.41) is 29.5. The van der Waals surface area contributed by atoms with Gasteiger partial charge in [-0.1, -0.05) is 50.5 Å². The fourth-order valence-corrected chi connectivity index (χ4v) is 3.81. The molecule has 4 atom stereocenters. The molecule has 1 aliphatic carbocycles. The number of ether oxygens (including phenoxy) is 2. The molecule has 1 rings (SSSR count). The van der Waals surface area contributed by atoms with E-state index in [1.807, 2.05) is 6.08 Å². The van der Waals surface area contributed by atoms with E-state index in [1.165, 1.54) is 0 Å². The molecule has 0 aromatic rings. The molecule has 29 heavy (non-hydrogen) atoms. The van der Waals surface area contributed by atoms with Crippen LogP contribution < -0.4 is 0 Å². The molecule has 1 fully saturated rings. The van der Waals surface area contributed by atoms with Gasteiger partial charge in [0.25, 0.3) is 0 Å². The molecular formula is C22H36O7. The maximum absolute atomic E-state index is 12.8. The number of allylic oxidation sites excluding steroid dienone is 2. The van der Waals surface area contributed by atoms with E-state index in [2.05, 4.69) is 6.92 Å². The Hall–Kier alpha value is -1.70. The molecule has 2 unspecified atom stereocenters. The first-order chi connectivity index (χ1) is 13.9. The molecule has 0 amide bonds. The number of carboxylic acids is 1. The quantitative estimate of drug-likeness (QED) is 0.228. The summed E-state index contributed by atoms with van der Waals surface area (Å²) < 4.78 is 10.3. The summed E-state index contributed by atoms with van der Waals surface area (Å²) in [6.45, 7) is 3.77. The van der Waals surface area contributed by atoms with Crippen LogP contribution in [0.15, 0.2) is 24.3 Å². The Morgan fingerprint density at radius 2 is 1.97 bits per heavy atom. The van der Waals surface area contributed by atoms with Crippen molar-refractivity contribution >= 4 is 11.9 Å². The van der Waals surface area contributed by atoms with Crippen LogP contribution in [-0.2, 0) is 19.1 Å². The Bertz CT molecular complexity index is 557. The van der Waals surface area contributed by atoms with Gasteiger partial charge in [-0.2, -0.15) is 0 Å². The van der Waals surface area contributed by atoms with Gasteiger partial charge in [-0.15, -0.1) is 0 Å². The average molecular weight is 413 g/mol. The van der Waals surface area contributed by atoms with Gasteiger partial charge in [0.2, 0.25) is 0 Å². The van der Waals surface area contributed by atoms with Gasteiger partial charge in [-0.05, 0) is 38.5 Å². The maximum atomic E-state index is 12.8. The molecule has 0 radical (unpaired) electrons. The van der Waals surface area contributed by atoms with Gasteiger partial charge in [0.05, 0.1) is 25.4 Å². The third-order valence-electron chi connectivity index (χ3n) is 5.39. The highest BCUT2D eigenvalue weighted by Crippen LogP contribution is 2.48. The summed E-state index contributed by atoms with van der Waals surface area (Å²) in [7, 11) is 0. The first-order valence-electron chi connectivity index (χ1n) is 10.5. The number of rotatable bonds is 14. The molecule has 7 nitrogen and oxygen atoms in total. The second kappa shape index (κ2) is 13.5. The first-order valence-corrected chi connectivity index (χ1v) is 10.5. The van der Waals surface area contributed by atoms with Crippen molar-refractivity contribution in [2.45, 2.75) is 71.0 Å². The van der Waals surface area contributed by atoms with Crippen LogP contribution in [0.4, 0.5) is 0 Å². The van der Waals surface area contributed by atoms with E-state index in [-0.39, 0.29) is 25.6 Å². The monoisotopic (exact) mass is 412 g/mol. The summed E-state index contributed by atoms with van der Waals surface area (Å²) in [4.78, 5) is 23.3. The molecule has 0 aliphatic heterocycles. The van der Waals surface area contributed by atoms with Gasteiger partial charge in [-0.25, -0.2) is 4.79 Å². The number of aliphatic hydroxyl groups excluding tert-OH is 2. The third-order valence-corrected chi connectivity index (χ3v) is 5.39. The Labute approximate surface area is 173 Å². The fourth-order valence-electron chi connectivity index (χ4n) is 3.81. The van der Waals surface area contributed by atoms with Crippen molar-refractivity contribution < 1.29 is 34.4 Å². The highest BCUT2D eigenvalue weighted by molar-refractivity contribution is 5.79. The summed E-state index contributed by atoms with van der Waals surface area (Å²) >= 11 is 0. The Kier molecular flexibility index (Phi) is 11.8. The summed E-state index contributed by atoms with van der Waals surface area (Å²) in [6.07, 6.45) is 10.6. The van der Waals surface area contributed by atoms with Crippen LogP contribution in [0, 0.1) is 11.3 Å². The molecule has 1 saturated carbocycles. The van der Waals surface area contributed by atoms with E-state index in [0.717, 1.165) is 19.3 Å². The van der Waals surface area contributed by atoms with Crippen LogP contribution in [0.3, 0.4) is 0 Å². The van der Waals surface area contributed by atoms with Crippen molar-refractivity contribution in [1.82, 2.24) is 0 Å². The van der Waals surface area contributed by atoms with E-state index in [4.69, 9.17) is 14.6 Å². The minimum absolute atomic E-state index is 0.109. The van der Waals surface area contributed by atoms with Crippen LogP contribution >= 0.6 is 0 Å². The van der Waals surface area contributed by atoms with Crippen molar-refractivity contribution in [3.05, 3.63) is 24.3 Å². The van der Waals surface area contributed by atoms with Crippen LogP contribution in [-0.4, -0.2) is 59.3 Å². The molecule has 1 aliphatic rings. The highest BCUT2D eigenvalue weighted by atomic mass is 16.5. The number of carbonyl (C=O) groups excluding carboxylic acids is 1. The molecule has 0 aromatic carbocycles. The first kappa shape index (κ1) is 25.3. The minimum Gasteiger partial charge on any atom is -0.480 e. The predicted octanol–water partition coefficient (Wildman–Crippen LogP) is 2.85. The van der Waals surface area contributed by atoms with Gasteiger partial charge in [0.15, 0.2) is 0 Å². The number of carbonyl (C=O) groups is 2. The minimum atomic E-state index is -1.11. The molecule has 3 N–H and O–H groups in total. The molecule has 0 spiro atoms. The summed E-state index contributed by atoms with van der Waals surface area (Å²) in [5.74, 6) is -1.74. The largest absolute Gasteiger partial charge is 0.480 e. The van der Waals surface area contributed by atoms with Crippen LogP contribution in [0.1, 0.15) is 58.8 Å². The normalized spacial score (nSPS) is 25.7. The smallest absolute Gasteiger partial charge is 0.329 e. The Balaban J connectivity index is 2.87. The zero-order valence-corrected chi connectivity index (χ0v) is 17.6. The Morgan fingerprint density at radius 1 is 1.21 bits per heavy atom. The number of hydrogen-bond acceptors (Lipinski definition) is 6. The van der Waals surface area contributed by atoms with Gasteiger partial charge < -0.3 is 24.8 Å². The van der Waals surface area contributed by atoms with E-state index >= 15 is 0 Å². The molecule has 0 bridgehead atoms. The van der Waals surface area contributed by atoms with E-state index < -0.39 is 36.2 Å². The van der Waals surface area contributed by atoms with Crippen molar-refractivity contribution in [2.75, 3.05) is 19.8 Å². The van der Waals surface area contributed by atoms with Crippen molar-refractivity contribution in [2.24, 2.45) is 11.3 Å². The number of hydrogen-bond donors (Lipinski definition) is 3. The predicted molar refractivity (Wildman–Crippen MR) is 109 cm³/mol. The van der Waals surface area contributed by atoms with Gasteiger partial charge in [-0.3, -0.25) is 4.79 Å². The molecule has 0 aromatic heterocycles. The third kappa shape index (κ3) is 7.91. The van der Waals surface area contributed by atoms with Crippen LogP contribution in [0.25, 0.3) is 0 Å². The lowest BCUT2D eigenvalue weighted by atomic mass is 9.73. The topological polar surface area (TPSA) is 113 Å². The summed E-state index contributed by atoms with van der Waals surface area (Å²) in [6, 6.07) is 0. The number of aliphatic hydroxyl groups is 2. The number of aliphatic carboxylic acids is 1.